The lowest BCUT2D eigenvalue weighted by Gasteiger charge is -2.38. The van der Waals surface area contributed by atoms with Gasteiger partial charge in [-0.1, -0.05) is 44.2 Å². The Hall–Kier alpha value is -2.49. The molecule has 0 aliphatic carbocycles. The molecule has 1 aliphatic heterocycles. The summed E-state index contributed by atoms with van der Waals surface area (Å²) in [6.07, 6.45) is 0.851. The van der Waals surface area contributed by atoms with E-state index in [0.29, 0.717) is 0 Å². The second-order valence-electron chi connectivity index (χ2n) is 6.63. The van der Waals surface area contributed by atoms with Crippen LogP contribution in [-0.2, 0) is 4.79 Å². The average Bonchev–Trinajstić information content (AvgIpc) is 2.68. The molecule has 0 aromatic heterocycles. The van der Waals surface area contributed by atoms with Crippen LogP contribution in [0.25, 0.3) is 0 Å². The van der Waals surface area contributed by atoms with Crippen molar-refractivity contribution in [1.29, 1.82) is 0 Å². The van der Waals surface area contributed by atoms with Crippen LogP contribution in [0.1, 0.15) is 20.3 Å². The number of rotatable bonds is 5. The predicted octanol–water partition coefficient (Wildman–Crippen LogP) is 4.00. The lowest BCUT2D eigenvalue weighted by atomic mass is 10.1. The van der Waals surface area contributed by atoms with Crippen LogP contribution in [-0.4, -0.2) is 32.1 Å². The first-order valence-corrected chi connectivity index (χ1v) is 9.14. The Balaban J connectivity index is 1.68. The van der Waals surface area contributed by atoms with Crippen LogP contribution in [0.2, 0.25) is 0 Å². The largest absolute Gasteiger partial charge is 0.368 e. The van der Waals surface area contributed by atoms with Gasteiger partial charge in [0.2, 0.25) is 5.91 Å². The minimum absolute atomic E-state index is 0.0305. The lowest BCUT2D eigenvalue weighted by Crippen LogP contribution is -2.46. The number of benzene rings is 2. The van der Waals surface area contributed by atoms with Crippen LogP contribution in [0.4, 0.5) is 17.1 Å². The number of carbonyl (C=O) groups excluding carboxylic acids is 1. The molecule has 0 unspecified atom stereocenters. The van der Waals surface area contributed by atoms with E-state index < -0.39 is 0 Å². The topological polar surface area (TPSA) is 35.6 Å². The molecule has 3 rings (SSSR count). The summed E-state index contributed by atoms with van der Waals surface area (Å²) in [5.41, 5.74) is 3.31. The Morgan fingerprint density at radius 2 is 1.56 bits per heavy atom. The molecule has 1 fully saturated rings. The predicted molar refractivity (Wildman–Crippen MR) is 105 cm³/mol. The molecule has 1 saturated heterocycles. The van der Waals surface area contributed by atoms with E-state index in [4.69, 9.17) is 0 Å². The monoisotopic (exact) mass is 337 g/mol. The number of nitrogens with zero attached hydrogens (tertiary/aromatic N) is 2. The lowest BCUT2D eigenvalue weighted by molar-refractivity contribution is -0.119. The van der Waals surface area contributed by atoms with Crippen LogP contribution in [0.15, 0.2) is 54.6 Å². The van der Waals surface area contributed by atoms with Gasteiger partial charge in [-0.05, 0) is 30.7 Å². The maximum absolute atomic E-state index is 12.3. The summed E-state index contributed by atoms with van der Waals surface area (Å²) in [4.78, 5) is 17.1. The third-order valence-electron chi connectivity index (χ3n) is 4.96. The van der Waals surface area contributed by atoms with Crippen LogP contribution < -0.4 is 15.1 Å². The molecule has 25 heavy (non-hydrogen) atoms. The number of carbonyl (C=O) groups is 1. The van der Waals surface area contributed by atoms with Crippen molar-refractivity contribution in [3.8, 4) is 0 Å². The fourth-order valence-electron chi connectivity index (χ4n) is 3.14. The molecule has 0 radical (unpaired) electrons. The summed E-state index contributed by atoms with van der Waals surface area (Å²) < 4.78 is 0. The molecule has 132 valence electrons. The summed E-state index contributed by atoms with van der Waals surface area (Å²) in [5.74, 6) is 0.126. The van der Waals surface area contributed by atoms with Crippen LogP contribution >= 0.6 is 0 Å². The van der Waals surface area contributed by atoms with Crippen LogP contribution in [0.3, 0.4) is 0 Å². The highest BCUT2D eigenvalue weighted by Crippen LogP contribution is 2.28. The quantitative estimate of drug-likeness (QED) is 0.896. The Morgan fingerprint density at radius 3 is 2.24 bits per heavy atom. The number of para-hydroxylation sites is 3. The highest BCUT2D eigenvalue weighted by Gasteiger charge is 2.20. The minimum Gasteiger partial charge on any atom is -0.368 e. The zero-order chi connectivity index (χ0) is 17.6. The van der Waals surface area contributed by atoms with E-state index in [2.05, 4.69) is 51.5 Å². The van der Waals surface area contributed by atoms with Gasteiger partial charge < -0.3 is 15.1 Å². The second kappa shape index (κ2) is 8.06. The van der Waals surface area contributed by atoms with Gasteiger partial charge in [0.15, 0.2) is 0 Å². The van der Waals surface area contributed by atoms with Crippen LogP contribution in [0.5, 0.6) is 0 Å². The van der Waals surface area contributed by atoms with Crippen LogP contribution in [0, 0.1) is 5.92 Å². The molecule has 2 aromatic rings. The SMILES string of the molecule is CC[C@@H](C)C(=O)Nc1ccccc1N1CCN(c2ccccc2)CC1. The first-order chi connectivity index (χ1) is 12.2. The zero-order valence-corrected chi connectivity index (χ0v) is 15.1. The summed E-state index contributed by atoms with van der Waals surface area (Å²) >= 11 is 0. The number of hydrogen-bond donors (Lipinski definition) is 1. The number of amides is 1. The van der Waals surface area contributed by atoms with Gasteiger partial charge in [0.25, 0.3) is 0 Å². The van der Waals surface area contributed by atoms with Crippen molar-refractivity contribution >= 4 is 23.0 Å². The smallest absolute Gasteiger partial charge is 0.227 e. The molecule has 0 bridgehead atoms. The fourth-order valence-corrected chi connectivity index (χ4v) is 3.14. The third-order valence-corrected chi connectivity index (χ3v) is 4.96. The Labute approximate surface area is 150 Å². The van der Waals surface area contributed by atoms with Crippen molar-refractivity contribution < 1.29 is 4.79 Å². The Morgan fingerprint density at radius 1 is 0.960 bits per heavy atom. The van der Waals surface area contributed by atoms with E-state index in [0.717, 1.165) is 44.0 Å². The Bertz CT molecular complexity index is 693. The van der Waals surface area contributed by atoms with E-state index in [1.54, 1.807) is 0 Å². The maximum atomic E-state index is 12.3. The molecule has 1 atom stereocenters. The van der Waals surface area contributed by atoms with Gasteiger partial charge >= 0.3 is 0 Å². The van der Waals surface area contributed by atoms with Crippen molar-refractivity contribution in [1.82, 2.24) is 0 Å². The van der Waals surface area contributed by atoms with Gasteiger partial charge in [0.05, 0.1) is 11.4 Å². The van der Waals surface area contributed by atoms with Gasteiger partial charge in [-0.25, -0.2) is 0 Å². The van der Waals surface area contributed by atoms with Crippen molar-refractivity contribution in [2.24, 2.45) is 5.92 Å². The molecule has 0 saturated carbocycles. The average molecular weight is 337 g/mol. The van der Waals surface area contributed by atoms with Crippen molar-refractivity contribution in [2.75, 3.05) is 41.3 Å². The molecule has 1 heterocycles. The van der Waals surface area contributed by atoms with Gasteiger partial charge in [-0.3, -0.25) is 4.79 Å². The van der Waals surface area contributed by atoms with E-state index in [-0.39, 0.29) is 11.8 Å². The number of piperazine rings is 1. The zero-order valence-electron chi connectivity index (χ0n) is 15.1. The minimum atomic E-state index is 0.0305. The molecular weight excluding hydrogens is 310 g/mol. The van der Waals surface area contributed by atoms with Gasteiger partial charge in [0, 0.05) is 37.8 Å². The molecule has 1 amide bonds. The summed E-state index contributed by atoms with van der Waals surface area (Å²) in [6, 6.07) is 18.7. The van der Waals surface area contributed by atoms with E-state index in [1.807, 2.05) is 32.0 Å². The maximum Gasteiger partial charge on any atom is 0.227 e. The second-order valence-corrected chi connectivity index (χ2v) is 6.63. The van der Waals surface area contributed by atoms with Gasteiger partial charge in [-0.15, -0.1) is 0 Å². The Kier molecular flexibility index (Phi) is 5.59. The highest BCUT2D eigenvalue weighted by molar-refractivity contribution is 5.95. The van der Waals surface area contributed by atoms with Crippen molar-refractivity contribution in [3.63, 3.8) is 0 Å². The number of hydrogen-bond acceptors (Lipinski definition) is 3. The fraction of sp³-hybridized carbons (Fsp3) is 0.381. The van der Waals surface area contributed by atoms with E-state index in [1.165, 1.54) is 5.69 Å². The third kappa shape index (κ3) is 4.13. The van der Waals surface area contributed by atoms with E-state index in [9.17, 15) is 4.79 Å². The molecule has 2 aromatic carbocycles. The van der Waals surface area contributed by atoms with Gasteiger partial charge in [-0.2, -0.15) is 0 Å². The standard InChI is InChI=1S/C21H27N3O/c1-3-17(2)21(25)22-19-11-7-8-12-20(19)24-15-13-23(14-16-24)18-9-5-4-6-10-18/h4-12,17H,3,13-16H2,1-2H3,(H,22,25)/t17-/m1/s1. The summed E-state index contributed by atoms with van der Waals surface area (Å²) in [5, 5.41) is 3.11. The summed E-state index contributed by atoms with van der Waals surface area (Å²) in [6.45, 7) is 7.88. The van der Waals surface area contributed by atoms with E-state index >= 15 is 0 Å². The van der Waals surface area contributed by atoms with Gasteiger partial charge in [0.1, 0.15) is 0 Å². The molecule has 1 N–H and O–H groups in total. The molecular formula is C21H27N3O. The molecule has 4 nitrogen and oxygen atoms in total. The van der Waals surface area contributed by atoms with Crippen molar-refractivity contribution in [2.45, 2.75) is 20.3 Å². The molecule has 0 spiro atoms. The van der Waals surface area contributed by atoms with Crippen molar-refractivity contribution in [3.05, 3.63) is 54.6 Å². The number of anilines is 3. The normalized spacial score (nSPS) is 15.8. The first-order valence-electron chi connectivity index (χ1n) is 9.14. The molecule has 1 aliphatic rings. The molecule has 4 heteroatoms. The highest BCUT2D eigenvalue weighted by atomic mass is 16.1. The first kappa shape index (κ1) is 17.3. The summed E-state index contributed by atoms with van der Waals surface area (Å²) in [7, 11) is 0. The number of nitrogens with one attached hydrogen (secondary N) is 1.